The average molecular weight is 358 g/mol. The highest BCUT2D eigenvalue weighted by Crippen LogP contribution is 2.28. The summed E-state index contributed by atoms with van der Waals surface area (Å²) in [5.41, 5.74) is 4.64. The predicted molar refractivity (Wildman–Crippen MR) is 102 cm³/mol. The van der Waals surface area contributed by atoms with Crippen molar-refractivity contribution in [1.29, 1.82) is 0 Å². The zero-order chi connectivity index (χ0) is 17.1. The standard InChI is InChI=1S/C19H20ClN3S/c1-4-23-18(16-9-8-14(3)17(20)11-16)21-22-19(23)24-12-15-7-5-6-13(2)10-15/h5-11H,4,12H2,1-3H3. The van der Waals surface area contributed by atoms with Crippen LogP contribution >= 0.6 is 23.4 Å². The van der Waals surface area contributed by atoms with E-state index in [1.807, 2.05) is 25.1 Å². The first-order chi connectivity index (χ1) is 11.6. The second-order valence-electron chi connectivity index (χ2n) is 5.79. The Balaban J connectivity index is 1.85. The summed E-state index contributed by atoms with van der Waals surface area (Å²) in [5.74, 6) is 1.75. The van der Waals surface area contributed by atoms with Gasteiger partial charge in [-0.1, -0.05) is 65.3 Å². The van der Waals surface area contributed by atoms with Crippen LogP contribution in [0.2, 0.25) is 5.02 Å². The van der Waals surface area contributed by atoms with E-state index in [-0.39, 0.29) is 0 Å². The number of aryl methyl sites for hydroxylation is 2. The van der Waals surface area contributed by atoms with Crippen LogP contribution in [0.25, 0.3) is 11.4 Å². The SMILES string of the molecule is CCn1c(SCc2cccc(C)c2)nnc1-c1ccc(C)c(Cl)c1. The number of aromatic nitrogens is 3. The molecular formula is C19H20ClN3S. The van der Waals surface area contributed by atoms with Gasteiger partial charge in [-0.2, -0.15) is 0 Å². The minimum Gasteiger partial charge on any atom is -0.302 e. The van der Waals surface area contributed by atoms with Gasteiger partial charge in [-0.15, -0.1) is 10.2 Å². The van der Waals surface area contributed by atoms with E-state index >= 15 is 0 Å². The summed E-state index contributed by atoms with van der Waals surface area (Å²) in [6.45, 7) is 7.05. The van der Waals surface area contributed by atoms with Crippen molar-refractivity contribution < 1.29 is 0 Å². The summed E-state index contributed by atoms with van der Waals surface area (Å²) in [6.07, 6.45) is 0. The average Bonchev–Trinajstić information content (AvgIpc) is 2.98. The largest absolute Gasteiger partial charge is 0.302 e. The van der Waals surface area contributed by atoms with E-state index < -0.39 is 0 Å². The maximum absolute atomic E-state index is 6.26. The Morgan fingerprint density at radius 1 is 1.08 bits per heavy atom. The van der Waals surface area contributed by atoms with E-state index in [1.165, 1.54) is 11.1 Å². The van der Waals surface area contributed by atoms with Crippen molar-refractivity contribution in [2.24, 2.45) is 0 Å². The Morgan fingerprint density at radius 3 is 2.62 bits per heavy atom. The summed E-state index contributed by atoms with van der Waals surface area (Å²) < 4.78 is 2.14. The number of halogens is 1. The second kappa shape index (κ2) is 7.41. The first-order valence-corrected chi connectivity index (χ1v) is 9.33. The molecule has 3 rings (SSSR count). The molecule has 0 aliphatic heterocycles. The molecule has 0 aliphatic rings. The summed E-state index contributed by atoms with van der Waals surface area (Å²) in [5, 5.41) is 10.5. The number of benzene rings is 2. The van der Waals surface area contributed by atoms with Gasteiger partial charge in [-0.05, 0) is 38.0 Å². The smallest absolute Gasteiger partial charge is 0.191 e. The fraction of sp³-hybridized carbons (Fsp3) is 0.263. The van der Waals surface area contributed by atoms with E-state index in [4.69, 9.17) is 11.6 Å². The minimum absolute atomic E-state index is 0.757. The molecule has 2 aromatic carbocycles. The van der Waals surface area contributed by atoms with Crippen LogP contribution in [-0.2, 0) is 12.3 Å². The molecule has 0 spiro atoms. The lowest BCUT2D eigenvalue weighted by atomic mass is 10.1. The molecule has 3 nitrogen and oxygen atoms in total. The van der Waals surface area contributed by atoms with Gasteiger partial charge < -0.3 is 4.57 Å². The van der Waals surface area contributed by atoms with Crippen LogP contribution in [0.1, 0.15) is 23.6 Å². The fourth-order valence-corrected chi connectivity index (χ4v) is 3.70. The number of rotatable bonds is 5. The quantitative estimate of drug-likeness (QED) is 0.562. The Labute approximate surface area is 152 Å². The molecule has 0 aliphatic carbocycles. The molecule has 0 fully saturated rings. The topological polar surface area (TPSA) is 30.7 Å². The number of hydrogen-bond donors (Lipinski definition) is 0. The predicted octanol–water partition coefficient (Wildman–Crippen LogP) is 5.53. The van der Waals surface area contributed by atoms with Gasteiger partial charge in [0.15, 0.2) is 11.0 Å². The Hall–Kier alpha value is -1.78. The second-order valence-corrected chi connectivity index (χ2v) is 7.14. The van der Waals surface area contributed by atoms with Crippen LogP contribution in [0.5, 0.6) is 0 Å². The summed E-state index contributed by atoms with van der Waals surface area (Å²) in [7, 11) is 0. The van der Waals surface area contributed by atoms with Crippen LogP contribution < -0.4 is 0 Å². The first kappa shape index (κ1) is 17.1. The molecule has 0 atom stereocenters. The number of thioether (sulfide) groups is 1. The van der Waals surface area contributed by atoms with Gasteiger partial charge in [0.2, 0.25) is 0 Å². The van der Waals surface area contributed by atoms with Crippen LogP contribution in [0.15, 0.2) is 47.6 Å². The van der Waals surface area contributed by atoms with E-state index in [0.717, 1.165) is 39.4 Å². The minimum atomic E-state index is 0.757. The van der Waals surface area contributed by atoms with Gasteiger partial charge >= 0.3 is 0 Å². The normalized spacial score (nSPS) is 11.0. The molecule has 24 heavy (non-hydrogen) atoms. The third-order valence-corrected chi connectivity index (χ3v) is 5.36. The van der Waals surface area contributed by atoms with Crippen LogP contribution in [-0.4, -0.2) is 14.8 Å². The van der Waals surface area contributed by atoms with Gasteiger partial charge in [0, 0.05) is 22.9 Å². The van der Waals surface area contributed by atoms with Gasteiger partial charge in [0.25, 0.3) is 0 Å². The number of nitrogens with zero attached hydrogens (tertiary/aromatic N) is 3. The monoisotopic (exact) mass is 357 g/mol. The molecule has 0 N–H and O–H groups in total. The summed E-state index contributed by atoms with van der Waals surface area (Å²) in [6, 6.07) is 14.6. The van der Waals surface area contributed by atoms with Crippen LogP contribution in [0, 0.1) is 13.8 Å². The van der Waals surface area contributed by atoms with Gasteiger partial charge in [-0.3, -0.25) is 0 Å². The maximum atomic E-state index is 6.26. The fourth-order valence-electron chi connectivity index (χ4n) is 2.58. The Bertz CT molecular complexity index is 858. The van der Waals surface area contributed by atoms with Crippen molar-refractivity contribution in [2.45, 2.75) is 38.2 Å². The molecule has 124 valence electrons. The highest BCUT2D eigenvalue weighted by atomic mass is 35.5. The lowest BCUT2D eigenvalue weighted by Crippen LogP contribution is -2.00. The molecule has 0 saturated heterocycles. The Kier molecular flexibility index (Phi) is 5.27. The van der Waals surface area contributed by atoms with E-state index in [9.17, 15) is 0 Å². The highest BCUT2D eigenvalue weighted by molar-refractivity contribution is 7.98. The van der Waals surface area contributed by atoms with Crippen molar-refractivity contribution in [3.63, 3.8) is 0 Å². The summed E-state index contributed by atoms with van der Waals surface area (Å²) in [4.78, 5) is 0. The van der Waals surface area contributed by atoms with E-state index in [1.54, 1.807) is 11.8 Å². The lowest BCUT2D eigenvalue weighted by molar-refractivity contribution is 0.687. The first-order valence-electron chi connectivity index (χ1n) is 7.96. The number of hydrogen-bond acceptors (Lipinski definition) is 3. The molecule has 3 aromatic rings. The van der Waals surface area contributed by atoms with Gasteiger partial charge in [0.1, 0.15) is 0 Å². The Morgan fingerprint density at radius 2 is 1.92 bits per heavy atom. The van der Waals surface area contributed by atoms with E-state index in [0.29, 0.717) is 0 Å². The molecule has 0 saturated carbocycles. The molecule has 0 radical (unpaired) electrons. The molecule has 0 unspecified atom stereocenters. The van der Waals surface area contributed by atoms with Crippen LogP contribution in [0.3, 0.4) is 0 Å². The zero-order valence-corrected chi connectivity index (χ0v) is 15.7. The van der Waals surface area contributed by atoms with Crippen LogP contribution in [0.4, 0.5) is 0 Å². The molecule has 0 bridgehead atoms. The van der Waals surface area contributed by atoms with Gasteiger partial charge in [-0.25, -0.2) is 0 Å². The summed E-state index contributed by atoms with van der Waals surface area (Å²) >= 11 is 7.97. The molecule has 1 aromatic heterocycles. The van der Waals surface area contributed by atoms with Crippen molar-refractivity contribution in [2.75, 3.05) is 0 Å². The van der Waals surface area contributed by atoms with Crippen molar-refractivity contribution in [3.8, 4) is 11.4 Å². The lowest BCUT2D eigenvalue weighted by Gasteiger charge is -2.08. The van der Waals surface area contributed by atoms with E-state index in [2.05, 4.69) is 52.9 Å². The molecular weight excluding hydrogens is 338 g/mol. The highest BCUT2D eigenvalue weighted by Gasteiger charge is 2.14. The zero-order valence-electron chi connectivity index (χ0n) is 14.1. The molecule has 0 amide bonds. The van der Waals surface area contributed by atoms with Crippen molar-refractivity contribution in [1.82, 2.24) is 14.8 Å². The molecule has 1 heterocycles. The van der Waals surface area contributed by atoms with Crippen molar-refractivity contribution >= 4 is 23.4 Å². The third-order valence-electron chi connectivity index (χ3n) is 3.91. The maximum Gasteiger partial charge on any atom is 0.191 e. The van der Waals surface area contributed by atoms with Gasteiger partial charge in [0.05, 0.1) is 0 Å². The third kappa shape index (κ3) is 3.65. The van der Waals surface area contributed by atoms with Crippen molar-refractivity contribution in [3.05, 3.63) is 64.2 Å². The molecule has 5 heteroatoms.